The van der Waals surface area contributed by atoms with Gasteiger partial charge in [-0.3, -0.25) is 14.4 Å². The van der Waals surface area contributed by atoms with E-state index < -0.39 is 40.3 Å². The minimum absolute atomic E-state index is 0.0192. The lowest BCUT2D eigenvalue weighted by molar-refractivity contribution is -0.157. The van der Waals surface area contributed by atoms with Crippen molar-refractivity contribution < 1.29 is 24.7 Å². The summed E-state index contributed by atoms with van der Waals surface area (Å²) in [5, 5.41) is 35.7. The van der Waals surface area contributed by atoms with Crippen LogP contribution in [-0.2, 0) is 21.4 Å². The highest BCUT2D eigenvalue weighted by molar-refractivity contribution is 8.00. The van der Waals surface area contributed by atoms with Gasteiger partial charge in [-0.15, -0.1) is 16.9 Å². The first kappa shape index (κ1) is 22.2. The molecule has 4 heterocycles. The molecule has 0 spiro atoms. The summed E-state index contributed by atoms with van der Waals surface area (Å²) in [7, 11) is 1.65. The number of β-lactam (4-membered cyclic amide) rings is 1. The zero-order chi connectivity index (χ0) is 23.0. The number of tetrazole rings is 1. The number of thioether (sulfide) groups is 2. The molecule has 32 heavy (non-hydrogen) atoms. The van der Waals surface area contributed by atoms with Crippen molar-refractivity contribution in [2.75, 3.05) is 23.8 Å². The van der Waals surface area contributed by atoms with Crippen molar-refractivity contribution in [2.24, 2.45) is 17.6 Å². The Balaban J connectivity index is 1.42. The molecule has 2 fully saturated rings. The number of nitrogens with zero attached hydrogens (tertiary/aromatic N) is 8. The standard InChI is InChI=1S/C14H16N10O5S3/c1-23-13(18-21-22-23)31-4-14(11(27)28)2-24-9(26)6(10(24)30-3-14)16-8(25)5(19-29)7-17-12(15)32-20-7/h6,10,29H,2-4H2,1H3,(H,16,25)(H,27,28)(H2,15,17,20)/t6?,10-,14?/m1/s1. The average Bonchev–Trinajstić information content (AvgIpc) is 3.38. The van der Waals surface area contributed by atoms with E-state index in [9.17, 15) is 24.7 Å². The number of carboxylic acid groups (broad SMARTS) is 1. The molecule has 170 valence electrons. The van der Waals surface area contributed by atoms with E-state index in [-0.39, 0.29) is 29.0 Å². The Morgan fingerprint density at radius 1 is 1.47 bits per heavy atom. The number of amides is 2. The molecule has 2 aromatic heterocycles. The largest absolute Gasteiger partial charge is 0.481 e. The second-order valence-electron chi connectivity index (χ2n) is 6.98. The predicted molar refractivity (Wildman–Crippen MR) is 112 cm³/mol. The molecule has 18 heteroatoms. The number of carboxylic acids is 1. The highest BCUT2D eigenvalue weighted by Crippen LogP contribution is 2.44. The summed E-state index contributed by atoms with van der Waals surface area (Å²) in [6, 6.07) is -0.900. The molecule has 4 rings (SSSR count). The predicted octanol–water partition coefficient (Wildman–Crippen LogP) is -1.91. The molecular weight excluding hydrogens is 484 g/mol. The van der Waals surface area contributed by atoms with Gasteiger partial charge in [0.15, 0.2) is 5.13 Å². The van der Waals surface area contributed by atoms with Crippen molar-refractivity contribution in [1.82, 2.24) is 39.8 Å². The molecule has 0 aromatic carbocycles. The minimum atomic E-state index is -1.21. The van der Waals surface area contributed by atoms with Gasteiger partial charge in [-0.2, -0.15) is 9.36 Å². The van der Waals surface area contributed by atoms with Crippen LogP contribution in [0.5, 0.6) is 0 Å². The number of aryl methyl sites for hydroxylation is 1. The number of hydrogen-bond donors (Lipinski definition) is 4. The first-order valence-corrected chi connectivity index (χ1v) is 11.7. The quantitative estimate of drug-likeness (QED) is 0.107. The molecule has 2 unspecified atom stereocenters. The number of carbonyl (C=O) groups excluding carboxylic acids is 2. The molecule has 3 atom stereocenters. The van der Waals surface area contributed by atoms with Gasteiger partial charge in [0, 0.05) is 36.6 Å². The number of nitrogens with one attached hydrogen (secondary N) is 1. The van der Waals surface area contributed by atoms with Crippen molar-refractivity contribution in [3.05, 3.63) is 5.82 Å². The van der Waals surface area contributed by atoms with Gasteiger partial charge in [-0.25, -0.2) is 4.68 Å². The number of oxime groups is 1. The molecule has 2 aliphatic heterocycles. The van der Waals surface area contributed by atoms with E-state index in [1.54, 1.807) is 7.05 Å². The van der Waals surface area contributed by atoms with E-state index in [0.29, 0.717) is 5.16 Å². The smallest absolute Gasteiger partial charge is 0.313 e. The molecule has 2 aliphatic rings. The van der Waals surface area contributed by atoms with E-state index in [2.05, 4.69) is 35.4 Å². The first-order valence-electron chi connectivity index (χ1n) is 8.89. The van der Waals surface area contributed by atoms with Crippen LogP contribution >= 0.6 is 35.1 Å². The number of aromatic nitrogens is 6. The Hall–Kier alpha value is -2.99. The highest BCUT2D eigenvalue weighted by atomic mass is 32.2. The SMILES string of the molecule is Cn1nnnc1SCC1(C(=O)O)CS[C@@H]2C(NC(=O)C(=NO)c3nsc(N)n3)C(=O)N2C1. The van der Waals surface area contributed by atoms with E-state index in [0.717, 1.165) is 11.5 Å². The number of nitrogens with two attached hydrogens (primary N) is 1. The molecule has 15 nitrogen and oxygen atoms in total. The van der Waals surface area contributed by atoms with Gasteiger partial charge in [-0.05, 0) is 10.4 Å². The Morgan fingerprint density at radius 3 is 2.84 bits per heavy atom. The minimum Gasteiger partial charge on any atom is -0.481 e. The molecule has 2 saturated heterocycles. The normalized spacial score (nSPS) is 25.2. The average molecular weight is 501 g/mol. The maximum Gasteiger partial charge on any atom is 0.313 e. The van der Waals surface area contributed by atoms with Crippen molar-refractivity contribution in [3.8, 4) is 0 Å². The maximum absolute atomic E-state index is 12.7. The number of fused-ring (bicyclic) bond motifs is 1. The van der Waals surface area contributed by atoms with E-state index in [1.807, 2.05) is 0 Å². The third-order valence-corrected chi connectivity index (χ3v) is 8.34. The highest BCUT2D eigenvalue weighted by Gasteiger charge is 2.57. The summed E-state index contributed by atoms with van der Waals surface area (Å²) in [5.74, 6) is -2.10. The molecule has 0 saturated carbocycles. The van der Waals surface area contributed by atoms with Crippen LogP contribution in [-0.4, -0.2) is 97.7 Å². The number of anilines is 1. The van der Waals surface area contributed by atoms with Gasteiger partial charge < -0.3 is 26.3 Å². The topological polar surface area (TPSA) is 215 Å². The van der Waals surface area contributed by atoms with Crippen LogP contribution in [0.3, 0.4) is 0 Å². The van der Waals surface area contributed by atoms with E-state index >= 15 is 0 Å². The summed E-state index contributed by atoms with van der Waals surface area (Å²) in [6.07, 6.45) is 0. The fourth-order valence-electron chi connectivity index (χ4n) is 3.18. The summed E-state index contributed by atoms with van der Waals surface area (Å²) in [4.78, 5) is 42.5. The van der Waals surface area contributed by atoms with Gasteiger partial charge in [0.1, 0.15) is 16.8 Å². The second kappa shape index (κ2) is 8.51. The number of aliphatic carboxylic acids is 1. The van der Waals surface area contributed by atoms with E-state index in [1.165, 1.54) is 33.1 Å². The zero-order valence-corrected chi connectivity index (χ0v) is 18.7. The lowest BCUT2D eigenvalue weighted by Gasteiger charge is -2.53. The number of rotatable bonds is 7. The molecule has 2 amide bonds. The lowest BCUT2D eigenvalue weighted by Crippen LogP contribution is -2.74. The van der Waals surface area contributed by atoms with Gasteiger partial charge in [0.2, 0.25) is 22.6 Å². The summed E-state index contributed by atoms with van der Waals surface area (Å²) >= 11 is 3.26. The number of nitrogen functional groups attached to an aromatic ring is 1. The van der Waals surface area contributed by atoms with Crippen LogP contribution in [0.4, 0.5) is 5.13 Å². The van der Waals surface area contributed by atoms with E-state index in [4.69, 9.17) is 5.73 Å². The van der Waals surface area contributed by atoms with Crippen LogP contribution in [0, 0.1) is 5.41 Å². The second-order valence-corrected chi connectivity index (χ2v) is 9.81. The van der Waals surface area contributed by atoms with Crippen molar-refractivity contribution in [2.45, 2.75) is 16.6 Å². The van der Waals surface area contributed by atoms with Crippen LogP contribution in [0.1, 0.15) is 5.82 Å². The first-order chi connectivity index (χ1) is 15.3. The Kier molecular flexibility index (Phi) is 5.91. The molecule has 5 N–H and O–H groups in total. The molecule has 0 radical (unpaired) electrons. The molecular formula is C14H16N10O5S3. The summed E-state index contributed by atoms with van der Waals surface area (Å²) in [5.41, 5.74) is 3.80. The van der Waals surface area contributed by atoms with Gasteiger partial charge in [-0.1, -0.05) is 16.9 Å². The third kappa shape index (κ3) is 3.84. The zero-order valence-electron chi connectivity index (χ0n) is 16.3. The number of carbonyl (C=O) groups is 3. The number of hydrogen-bond acceptors (Lipinski definition) is 14. The fourth-order valence-corrected chi connectivity index (χ4v) is 6.33. The van der Waals surface area contributed by atoms with Crippen LogP contribution in [0.15, 0.2) is 10.3 Å². The summed E-state index contributed by atoms with van der Waals surface area (Å²) in [6.45, 7) is -0.0192. The molecule has 2 aromatic rings. The fraction of sp³-hybridized carbons (Fsp3) is 0.500. The van der Waals surface area contributed by atoms with Crippen molar-refractivity contribution in [1.29, 1.82) is 0 Å². The third-order valence-electron chi connectivity index (χ3n) is 4.91. The van der Waals surface area contributed by atoms with Crippen LogP contribution < -0.4 is 11.1 Å². The maximum atomic E-state index is 12.7. The monoisotopic (exact) mass is 500 g/mol. The van der Waals surface area contributed by atoms with Crippen LogP contribution in [0.25, 0.3) is 0 Å². The Labute approximate surface area is 192 Å². The van der Waals surface area contributed by atoms with Crippen molar-refractivity contribution in [3.63, 3.8) is 0 Å². The van der Waals surface area contributed by atoms with Crippen LogP contribution in [0.2, 0.25) is 0 Å². The molecule has 0 aliphatic carbocycles. The van der Waals surface area contributed by atoms with Gasteiger partial charge >= 0.3 is 5.97 Å². The summed E-state index contributed by atoms with van der Waals surface area (Å²) < 4.78 is 5.25. The van der Waals surface area contributed by atoms with Gasteiger partial charge in [0.05, 0.1) is 0 Å². The lowest BCUT2D eigenvalue weighted by atomic mass is 9.89. The molecule has 0 bridgehead atoms. The van der Waals surface area contributed by atoms with Gasteiger partial charge in [0.25, 0.3) is 5.91 Å². The Bertz CT molecular complexity index is 1100. The Morgan fingerprint density at radius 2 is 2.25 bits per heavy atom. The van der Waals surface area contributed by atoms with Crippen molar-refractivity contribution >= 4 is 63.7 Å².